The summed E-state index contributed by atoms with van der Waals surface area (Å²) in [5.74, 6) is -2.60. The van der Waals surface area contributed by atoms with Crippen molar-refractivity contribution in [3.8, 4) is 0 Å². The van der Waals surface area contributed by atoms with Crippen molar-refractivity contribution in [1.82, 2.24) is 5.06 Å². The van der Waals surface area contributed by atoms with E-state index in [4.69, 9.17) is 28.5 Å². The molecule has 2 amide bonds. The molecule has 2 aromatic carbocycles. The van der Waals surface area contributed by atoms with E-state index in [1.165, 1.54) is 31.4 Å². The number of hydroxylamine groups is 2. The second kappa shape index (κ2) is 23.9. The number of carbonyl (C=O) groups is 3. The number of anilines is 1. The lowest BCUT2D eigenvalue weighted by Crippen LogP contribution is -2.33. The molecule has 0 aliphatic carbocycles. The van der Waals surface area contributed by atoms with Gasteiger partial charge in [-0.1, -0.05) is 18.2 Å². The first-order valence-corrected chi connectivity index (χ1v) is 26.5. The van der Waals surface area contributed by atoms with E-state index in [1.54, 1.807) is 43.5 Å². The minimum Gasteiger partial charge on any atom is -0.385 e. The summed E-state index contributed by atoms with van der Waals surface area (Å²) in [5, 5.41) is 0.459. The summed E-state index contributed by atoms with van der Waals surface area (Å²) in [6.07, 6.45) is 9.01. The summed E-state index contributed by atoms with van der Waals surface area (Å²) < 4.78 is 132. The van der Waals surface area contributed by atoms with Crippen LogP contribution < -0.4 is 4.90 Å². The topological polar surface area (TPSA) is 279 Å². The normalized spacial score (nSPS) is 20.4. The minimum absolute atomic E-state index is 0.00251. The summed E-state index contributed by atoms with van der Waals surface area (Å²) >= 11 is 0. The number of benzene rings is 2. The molecule has 0 aromatic heterocycles. The van der Waals surface area contributed by atoms with E-state index in [1.807, 2.05) is 29.4 Å². The molecule has 3 N–H and O–H groups in total. The van der Waals surface area contributed by atoms with Crippen LogP contribution in [0, 0.1) is 0 Å². The number of amides is 2. The van der Waals surface area contributed by atoms with Gasteiger partial charge in [0, 0.05) is 74.7 Å². The van der Waals surface area contributed by atoms with Gasteiger partial charge >= 0.3 is 5.97 Å². The second-order valence-electron chi connectivity index (χ2n) is 16.7. The number of hydrogen-bond acceptors (Lipinski definition) is 16. The molecule has 0 bridgehead atoms. The molecule has 3 aliphatic heterocycles. The van der Waals surface area contributed by atoms with Crippen LogP contribution in [0.3, 0.4) is 0 Å². The average molecular weight is 1030 g/mol. The molecule has 0 radical (unpaired) electrons. The van der Waals surface area contributed by atoms with Crippen LogP contribution in [0.1, 0.15) is 63.5 Å². The van der Waals surface area contributed by atoms with Crippen molar-refractivity contribution in [3.63, 3.8) is 0 Å². The van der Waals surface area contributed by atoms with E-state index in [9.17, 15) is 53.3 Å². The fourth-order valence-corrected chi connectivity index (χ4v) is 10.0. The van der Waals surface area contributed by atoms with Gasteiger partial charge < -0.3 is 33.4 Å². The van der Waals surface area contributed by atoms with Crippen LogP contribution in [-0.4, -0.2) is 158 Å². The van der Waals surface area contributed by atoms with Gasteiger partial charge in [0.25, 0.3) is 42.2 Å². The Morgan fingerprint density at radius 2 is 1.33 bits per heavy atom. The Kier molecular flexibility index (Phi) is 19.1. The Labute approximate surface area is 402 Å². The molecule has 0 saturated carbocycles. The minimum atomic E-state index is -4.64. The van der Waals surface area contributed by atoms with E-state index in [-0.39, 0.29) is 88.0 Å². The molecule has 69 heavy (non-hydrogen) atoms. The maximum absolute atomic E-state index is 12.4. The first-order chi connectivity index (χ1) is 32.5. The van der Waals surface area contributed by atoms with Crippen LogP contribution >= 0.6 is 0 Å². The number of allylic oxidation sites excluding steroid dienone is 6. The summed E-state index contributed by atoms with van der Waals surface area (Å²) in [5.41, 5.74) is 1.69. The number of hydrogen-bond donors (Lipinski definition) is 3. The largest absolute Gasteiger partial charge is 0.385 e. The number of rotatable bonds is 28. The number of nitrogens with zero attached hydrogens (tertiary/aromatic N) is 3. The summed E-state index contributed by atoms with van der Waals surface area (Å²) in [6, 6.07) is 8.46. The van der Waals surface area contributed by atoms with Crippen molar-refractivity contribution < 1.29 is 86.4 Å². The van der Waals surface area contributed by atoms with Gasteiger partial charge in [-0.15, -0.1) is 5.06 Å². The molecule has 5 rings (SSSR count). The van der Waals surface area contributed by atoms with Gasteiger partial charge in [0.2, 0.25) is 5.69 Å². The zero-order valence-electron chi connectivity index (χ0n) is 38.9. The highest BCUT2D eigenvalue weighted by molar-refractivity contribution is 7.86. The lowest BCUT2D eigenvalue weighted by molar-refractivity contribution is -0.442. The van der Waals surface area contributed by atoms with Crippen LogP contribution in [0.25, 0.3) is 0 Å². The average Bonchev–Trinajstić information content (AvgIpc) is 3.81. The van der Waals surface area contributed by atoms with Crippen LogP contribution in [0.15, 0.2) is 82.3 Å². The molecular weight excluding hydrogens is 967 g/mol. The third-order valence-electron chi connectivity index (χ3n) is 12.0. The Morgan fingerprint density at radius 1 is 0.725 bits per heavy atom. The van der Waals surface area contributed by atoms with E-state index in [0.717, 1.165) is 0 Å². The fraction of sp³-hybridized carbons (Fsp3) is 0.511. The Balaban J connectivity index is 1.47. The SMILES string of the molecule is COCCOCCOCC[N+]1=C(/C=C/C=C/C=C2/N(CCOCCC(=O)ON3C(=O)CCC3=O)c3ccc(S(=O)(=O)O)cc3C2(C)CCOC)C(C)(CCCS(=O)(=O)O)c2cc(S(=O)(=O)O)ccc21. The first-order valence-electron chi connectivity index (χ1n) is 22.0. The maximum atomic E-state index is 12.4. The molecule has 24 heteroatoms. The molecule has 1 fully saturated rings. The zero-order valence-corrected chi connectivity index (χ0v) is 41.4. The van der Waals surface area contributed by atoms with Gasteiger partial charge in [0.1, 0.15) is 6.61 Å². The molecular formula is C45H60N3O18S3+. The smallest absolute Gasteiger partial charge is 0.335 e. The fourth-order valence-electron chi connectivity index (χ4n) is 8.50. The van der Waals surface area contributed by atoms with Gasteiger partial charge in [-0.3, -0.25) is 23.2 Å². The third-order valence-corrected chi connectivity index (χ3v) is 14.5. The van der Waals surface area contributed by atoms with Crippen molar-refractivity contribution in [2.24, 2.45) is 0 Å². The second-order valence-corrected chi connectivity index (χ2v) is 21.1. The highest BCUT2D eigenvalue weighted by atomic mass is 32.2. The summed E-state index contributed by atoms with van der Waals surface area (Å²) in [6.45, 7) is 6.01. The van der Waals surface area contributed by atoms with Gasteiger partial charge in [0.05, 0.1) is 67.0 Å². The summed E-state index contributed by atoms with van der Waals surface area (Å²) in [7, 11) is -10.5. The molecule has 1 saturated heterocycles. The van der Waals surface area contributed by atoms with Crippen molar-refractivity contribution in [2.45, 2.75) is 73.0 Å². The van der Waals surface area contributed by atoms with Crippen LogP contribution in [0.4, 0.5) is 11.4 Å². The van der Waals surface area contributed by atoms with Crippen LogP contribution in [-0.2, 0) is 84.1 Å². The van der Waals surface area contributed by atoms with Crippen LogP contribution in [0.2, 0.25) is 0 Å². The van der Waals surface area contributed by atoms with Gasteiger partial charge in [-0.25, -0.2) is 4.79 Å². The molecule has 2 aromatic rings. The molecule has 3 heterocycles. The van der Waals surface area contributed by atoms with Crippen LogP contribution in [0.5, 0.6) is 0 Å². The molecule has 0 spiro atoms. The number of imide groups is 1. The standard InChI is InChI=1S/C45H59N3O18S3/c1-44(18-8-30-67(52,53)54)35-31-33(68(55,56)57)11-13-37(35)46(21-25-64-28-29-65-27-26-62-4)39(44)9-6-5-7-10-40-45(2,19-23-61-3)36-32-34(69(58,59)60)12-14-38(36)47(40)20-24-63-22-17-43(51)66-48-41(49)15-16-42(48)50/h5-7,9-14,31-32H,8,15-30H2,1-4H3,(H2-,52,53,54,55,56,57,58,59,60)/p+1. The Morgan fingerprint density at radius 3 is 1.97 bits per heavy atom. The first kappa shape index (κ1) is 55.2. The highest BCUT2D eigenvalue weighted by Crippen LogP contribution is 2.51. The van der Waals surface area contributed by atoms with E-state index < -0.39 is 64.7 Å². The lowest BCUT2D eigenvalue weighted by Gasteiger charge is -2.30. The van der Waals surface area contributed by atoms with E-state index in [0.29, 0.717) is 65.2 Å². The molecule has 380 valence electrons. The maximum Gasteiger partial charge on any atom is 0.335 e. The van der Waals surface area contributed by atoms with Gasteiger partial charge in [-0.2, -0.15) is 29.8 Å². The number of carbonyl (C=O) groups excluding carboxylic acids is 3. The zero-order chi connectivity index (χ0) is 50.6. The van der Waals surface area contributed by atoms with E-state index >= 15 is 0 Å². The van der Waals surface area contributed by atoms with E-state index in [2.05, 4.69) is 0 Å². The monoisotopic (exact) mass is 1030 g/mol. The predicted octanol–water partition coefficient (Wildman–Crippen LogP) is 3.71. The number of ether oxygens (including phenoxy) is 5. The quantitative estimate of drug-likeness (QED) is 0.0360. The highest BCUT2D eigenvalue weighted by Gasteiger charge is 2.48. The van der Waals surface area contributed by atoms with Gasteiger partial charge in [-0.05, 0) is 75.1 Å². The molecule has 3 aliphatic rings. The predicted molar refractivity (Wildman–Crippen MR) is 249 cm³/mol. The molecule has 2 unspecified atom stereocenters. The number of methoxy groups -OCH3 is 2. The van der Waals surface area contributed by atoms with Crippen molar-refractivity contribution in [2.75, 3.05) is 90.8 Å². The van der Waals surface area contributed by atoms with Crippen molar-refractivity contribution in [1.29, 1.82) is 0 Å². The summed E-state index contributed by atoms with van der Waals surface area (Å²) in [4.78, 5) is 42.3. The molecule has 2 atom stereocenters. The van der Waals surface area contributed by atoms with Crippen molar-refractivity contribution >= 4 is 65.2 Å². The molecule has 21 nitrogen and oxygen atoms in total. The number of fused-ring (bicyclic) bond motifs is 2. The van der Waals surface area contributed by atoms with Crippen molar-refractivity contribution in [3.05, 3.63) is 83.6 Å². The Bertz CT molecular complexity index is 2670. The Hall–Kier alpha value is -4.73. The third kappa shape index (κ3) is 14.2. The van der Waals surface area contributed by atoms with Gasteiger partial charge in [0.15, 0.2) is 12.3 Å². The lowest BCUT2D eigenvalue weighted by atomic mass is 9.76.